The fourth-order valence-electron chi connectivity index (χ4n) is 3.43. The largest absolute Gasteiger partial charge is 0.493 e. The van der Waals surface area contributed by atoms with Crippen molar-refractivity contribution in [3.63, 3.8) is 0 Å². The van der Waals surface area contributed by atoms with Crippen LogP contribution in [0.5, 0.6) is 5.75 Å². The van der Waals surface area contributed by atoms with Gasteiger partial charge < -0.3 is 15.1 Å². The number of nitrogens with one attached hydrogen (secondary N) is 2. The third-order valence-electron chi connectivity index (χ3n) is 5.65. The number of amides is 1. The Bertz CT molecular complexity index is 920. The van der Waals surface area contributed by atoms with E-state index in [0.29, 0.717) is 13.0 Å². The molecule has 3 rings (SSSR count). The van der Waals surface area contributed by atoms with Gasteiger partial charge in [-0.05, 0) is 62.8 Å². The Morgan fingerprint density at radius 1 is 1.12 bits per heavy atom. The van der Waals surface area contributed by atoms with Crippen LogP contribution < -0.4 is 15.6 Å². The van der Waals surface area contributed by atoms with Crippen LogP contribution in [0.25, 0.3) is 0 Å². The van der Waals surface area contributed by atoms with Crippen LogP contribution in [0, 0.1) is 5.92 Å². The van der Waals surface area contributed by atoms with Crippen molar-refractivity contribution >= 4 is 17.4 Å². The Morgan fingerprint density at radius 2 is 1.84 bits per heavy atom. The Balaban J connectivity index is 1.58. The SMILES string of the molecule is CCC(=O)N(CC(C)=O)Cc1ccc(C(C)(C)NNc2cccc(OCC3CC3)c2)cc1. The van der Waals surface area contributed by atoms with E-state index in [1.54, 1.807) is 4.90 Å². The van der Waals surface area contributed by atoms with Gasteiger partial charge in [-0.15, -0.1) is 0 Å². The van der Waals surface area contributed by atoms with Crippen molar-refractivity contribution in [2.45, 2.75) is 59.0 Å². The van der Waals surface area contributed by atoms with Gasteiger partial charge in [0.2, 0.25) is 5.91 Å². The van der Waals surface area contributed by atoms with Crippen molar-refractivity contribution in [2.24, 2.45) is 5.92 Å². The van der Waals surface area contributed by atoms with Gasteiger partial charge in [0.25, 0.3) is 0 Å². The molecular weight excluding hydrogens is 402 g/mol. The molecule has 1 aliphatic carbocycles. The highest BCUT2D eigenvalue weighted by molar-refractivity contribution is 5.84. The molecule has 6 heteroatoms. The van der Waals surface area contributed by atoms with E-state index in [1.165, 1.54) is 19.8 Å². The van der Waals surface area contributed by atoms with Gasteiger partial charge in [-0.3, -0.25) is 9.59 Å². The van der Waals surface area contributed by atoms with Gasteiger partial charge >= 0.3 is 0 Å². The van der Waals surface area contributed by atoms with Crippen molar-refractivity contribution in [2.75, 3.05) is 18.6 Å². The average Bonchev–Trinajstić information content (AvgIpc) is 3.60. The first kappa shape index (κ1) is 23.8. The number of Topliss-reactive ketones (excluding diaryl/α,β-unsaturated/α-hetero) is 1. The number of anilines is 1. The summed E-state index contributed by atoms with van der Waals surface area (Å²) in [5.74, 6) is 1.57. The molecule has 0 radical (unpaired) electrons. The molecule has 172 valence electrons. The van der Waals surface area contributed by atoms with E-state index in [4.69, 9.17) is 4.74 Å². The van der Waals surface area contributed by atoms with E-state index in [2.05, 4.69) is 36.8 Å². The number of hydrogen-bond donors (Lipinski definition) is 2. The molecule has 0 atom stereocenters. The van der Waals surface area contributed by atoms with Gasteiger partial charge in [0, 0.05) is 19.0 Å². The topological polar surface area (TPSA) is 70.7 Å². The Labute approximate surface area is 191 Å². The molecule has 0 saturated heterocycles. The highest BCUT2D eigenvalue weighted by atomic mass is 16.5. The molecule has 1 saturated carbocycles. The molecule has 6 nitrogen and oxygen atoms in total. The number of carbonyl (C=O) groups excluding carboxylic acids is 2. The Morgan fingerprint density at radius 3 is 2.47 bits per heavy atom. The lowest BCUT2D eigenvalue weighted by Crippen LogP contribution is -2.40. The molecule has 0 aromatic heterocycles. The number of benzene rings is 2. The molecule has 2 N–H and O–H groups in total. The summed E-state index contributed by atoms with van der Waals surface area (Å²) in [7, 11) is 0. The molecule has 0 aliphatic heterocycles. The molecule has 0 spiro atoms. The summed E-state index contributed by atoms with van der Waals surface area (Å²) >= 11 is 0. The molecule has 2 aromatic rings. The van der Waals surface area contributed by atoms with Crippen molar-refractivity contribution in [1.82, 2.24) is 10.3 Å². The van der Waals surface area contributed by atoms with E-state index < -0.39 is 0 Å². The first-order valence-corrected chi connectivity index (χ1v) is 11.4. The van der Waals surface area contributed by atoms with Gasteiger partial charge in [-0.2, -0.15) is 0 Å². The first-order valence-electron chi connectivity index (χ1n) is 11.4. The molecule has 1 amide bonds. The number of ether oxygens (including phenoxy) is 1. The van der Waals surface area contributed by atoms with Crippen LogP contribution in [-0.4, -0.2) is 29.7 Å². The molecule has 0 unspecified atom stereocenters. The third kappa shape index (κ3) is 7.09. The molecular formula is C26H35N3O3. The molecule has 1 aliphatic rings. The fraction of sp³-hybridized carbons (Fsp3) is 0.462. The van der Waals surface area contributed by atoms with E-state index in [0.717, 1.165) is 35.1 Å². The van der Waals surface area contributed by atoms with Crippen molar-refractivity contribution < 1.29 is 14.3 Å². The van der Waals surface area contributed by atoms with Gasteiger partial charge in [0.05, 0.1) is 24.4 Å². The summed E-state index contributed by atoms with van der Waals surface area (Å²) < 4.78 is 5.86. The zero-order valence-corrected chi connectivity index (χ0v) is 19.6. The highest BCUT2D eigenvalue weighted by Crippen LogP contribution is 2.30. The molecule has 0 bridgehead atoms. The van der Waals surface area contributed by atoms with Crippen LogP contribution in [0.1, 0.15) is 58.1 Å². The van der Waals surface area contributed by atoms with Crippen molar-refractivity contribution in [3.8, 4) is 5.75 Å². The normalized spacial score (nSPS) is 13.5. The standard InChI is InChI=1S/C26H35N3O3/c1-5-25(31)29(16-19(2)30)17-20-11-13-22(14-12-20)26(3,4)28-27-23-7-6-8-24(15-23)32-18-21-9-10-21/h6-8,11-15,21,27-28H,5,9-10,16-18H2,1-4H3. The lowest BCUT2D eigenvalue weighted by molar-refractivity contribution is -0.135. The van der Waals surface area contributed by atoms with Crippen LogP contribution in [0.2, 0.25) is 0 Å². The minimum absolute atomic E-state index is 0.0122. The van der Waals surface area contributed by atoms with Crippen LogP contribution in [0.3, 0.4) is 0 Å². The van der Waals surface area contributed by atoms with E-state index >= 15 is 0 Å². The summed E-state index contributed by atoms with van der Waals surface area (Å²) in [5.41, 5.74) is 9.41. The smallest absolute Gasteiger partial charge is 0.222 e. The van der Waals surface area contributed by atoms with Crippen molar-refractivity contribution in [1.29, 1.82) is 0 Å². The zero-order valence-electron chi connectivity index (χ0n) is 19.6. The van der Waals surface area contributed by atoms with Crippen LogP contribution in [-0.2, 0) is 21.7 Å². The molecule has 2 aromatic carbocycles. The Hall–Kier alpha value is -2.86. The van der Waals surface area contributed by atoms with E-state index in [-0.39, 0.29) is 23.8 Å². The van der Waals surface area contributed by atoms with E-state index in [9.17, 15) is 9.59 Å². The van der Waals surface area contributed by atoms with Gasteiger partial charge in [-0.1, -0.05) is 37.3 Å². The second kappa shape index (κ2) is 10.6. The zero-order chi connectivity index (χ0) is 23.1. The average molecular weight is 438 g/mol. The number of nitrogens with zero attached hydrogens (tertiary/aromatic N) is 1. The van der Waals surface area contributed by atoms with Gasteiger partial charge in [0.15, 0.2) is 0 Å². The summed E-state index contributed by atoms with van der Waals surface area (Å²) in [5, 5.41) is 0. The minimum atomic E-state index is -0.332. The maximum absolute atomic E-state index is 12.1. The number of hydrogen-bond acceptors (Lipinski definition) is 5. The predicted octanol–water partition coefficient (Wildman–Crippen LogP) is 4.65. The van der Waals surface area contributed by atoms with Crippen LogP contribution in [0.4, 0.5) is 5.69 Å². The number of hydrazine groups is 1. The van der Waals surface area contributed by atoms with Crippen molar-refractivity contribution in [3.05, 3.63) is 59.7 Å². The Kier molecular flexibility index (Phi) is 7.91. The van der Waals surface area contributed by atoms with E-state index in [1.807, 2.05) is 43.3 Å². The maximum atomic E-state index is 12.1. The lowest BCUT2D eigenvalue weighted by Gasteiger charge is -2.28. The number of ketones is 1. The second-order valence-corrected chi connectivity index (χ2v) is 9.16. The first-order chi connectivity index (χ1) is 15.3. The minimum Gasteiger partial charge on any atom is -0.493 e. The summed E-state index contributed by atoms with van der Waals surface area (Å²) in [6.07, 6.45) is 2.94. The summed E-state index contributed by atoms with van der Waals surface area (Å²) in [4.78, 5) is 25.3. The quantitative estimate of drug-likeness (QED) is 0.473. The third-order valence-corrected chi connectivity index (χ3v) is 5.65. The summed E-state index contributed by atoms with van der Waals surface area (Å²) in [6, 6.07) is 16.1. The maximum Gasteiger partial charge on any atom is 0.222 e. The number of rotatable bonds is 12. The fourth-order valence-corrected chi connectivity index (χ4v) is 3.43. The highest BCUT2D eigenvalue weighted by Gasteiger charge is 2.22. The molecule has 1 fully saturated rings. The van der Waals surface area contributed by atoms with Gasteiger partial charge in [0.1, 0.15) is 11.5 Å². The van der Waals surface area contributed by atoms with Crippen LogP contribution >= 0.6 is 0 Å². The summed E-state index contributed by atoms with van der Waals surface area (Å²) in [6.45, 7) is 8.91. The van der Waals surface area contributed by atoms with Gasteiger partial charge in [-0.25, -0.2) is 5.43 Å². The monoisotopic (exact) mass is 437 g/mol. The molecule has 32 heavy (non-hydrogen) atoms. The van der Waals surface area contributed by atoms with Crippen LogP contribution in [0.15, 0.2) is 48.5 Å². The lowest BCUT2D eigenvalue weighted by atomic mass is 9.94. The predicted molar refractivity (Wildman–Crippen MR) is 127 cm³/mol. The number of carbonyl (C=O) groups is 2. The molecule has 0 heterocycles. The second-order valence-electron chi connectivity index (χ2n) is 9.16.